The minimum absolute atomic E-state index is 0.0507. The number of benzene rings is 1. The van der Waals surface area contributed by atoms with Crippen LogP contribution in [0.3, 0.4) is 0 Å². The van der Waals surface area contributed by atoms with Crippen LogP contribution in [0, 0.1) is 18.7 Å². The van der Waals surface area contributed by atoms with Crippen LogP contribution in [-0.4, -0.2) is 33.2 Å². The van der Waals surface area contributed by atoms with E-state index in [-0.39, 0.29) is 17.6 Å². The maximum atomic E-state index is 14.0. The lowest BCUT2D eigenvalue weighted by atomic mass is 9.87. The number of H-pyrrole nitrogens is 2. The first-order valence-corrected chi connectivity index (χ1v) is 11.3. The Morgan fingerprint density at radius 2 is 2.12 bits per heavy atom. The highest BCUT2D eigenvalue weighted by Gasteiger charge is 2.23. The summed E-state index contributed by atoms with van der Waals surface area (Å²) in [6.07, 6.45) is 6.06. The Kier molecular flexibility index (Phi) is 5.88. The molecule has 4 aromatic rings. The molecular formula is C26H26FN5O2. The molecule has 1 unspecified atom stereocenters. The number of hydrogen-bond donors (Lipinski definition) is 3. The fourth-order valence-electron chi connectivity index (χ4n) is 4.53. The number of fused-ring (bicyclic) bond motifs is 1. The third-order valence-electron chi connectivity index (χ3n) is 6.31. The topological polar surface area (TPSA) is 95.7 Å². The van der Waals surface area contributed by atoms with Crippen molar-refractivity contribution in [3.8, 4) is 16.9 Å². The molecule has 0 saturated heterocycles. The van der Waals surface area contributed by atoms with Gasteiger partial charge < -0.3 is 15.0 Å². The molecule has 7 nitrogen and oxygen atoms in total. The number of rotatable bonds is 6. The van der Waals surface area contributed by atoms with Gasteiger partial charge in [-0.15, -0.1) is 0 Å². The minimum Gasteiger partial charge on any atom is -0.496 e. The van der Waals surface area contributed by atoms with Crippen LogP contribution in [0.5, 0.6) is 5.75 Å². The lowest BCUT2D eigenvalue weighted by Gasteiger charge is -2.20. The van der Waals surface area contributed by atoms with Gasteiger partial charge in [0.25, 0.3) is 0 Å². The van der Waals surface area contributed by atoms with Gasteiger partial charge in [-0.05, 0) is 73.7 Å². The van der Waals surface area contributed by atoms with Crippen LogP contribution >= 0.6 is 0 Å². The third kappa shape index (κ3) is 4.31. The average Bonchev–Trinajstić information content (AvgIpc) is 3.48. The van der Waals surface area contributed by atoms with Crippen molar-refractivity contribution in [1.29, 1.82) is 0 Å². The van der Waals surface area contributed by atoms with Crippen LogP contribution in [0.15, 0.2) is 48.7 Å². The molecule has 1 atom stereocenters. The smallest absolute Gasteiger partial charge is 0.223 e. The van der Waals surface area contributed by atoms with Gasteiger partial charge in [0.15, 0.2) is 0 Å². The SMILES string of the molecule is COc1ccc(F)cc1-c1ccnc2[nH]c(C3=CCC(C(=O)NCc4cc(C)[nH]n4)CC3)cc12. The number of hydrogen-bond acceptors (Lipinski definition) is 4. The number of nitrogens with zero attached hydrogens (tertiary/aromatic N) is 2. The summed E-state index contributed by atoms with van der Waals surface area (Å²) in [4.78, 5) is 20.5. The van der Waals surface area contributed by atoms with Crippen molar-refractivity contribution in [2.24, 2.45) is 5.92 Å². The zero-order chi connectivity index (χ0) is 23.7. The Morgan fingerprint density at radius 3 is 2.85 bits per heavy atom. The normalized spacial score (nSPS) is 15.9. The van der Waals surface area contributed by atoms with E-state index in [0.29, 0.717) is 24.3 Å². The molecule has 0 radical (unpaired) electrons. The van der Waals surface area contributed by atoms with Crippen LogP contribution in [-0.2, 0) is 11.3 Å². The van der Waals surface area contributed by atoms with Crippen molar-refractivity contribution >= 4 is 22.5 Å². The molecule has 34 heavy (non-hydrogen) atoms. The van der Waals surface area contributed by atoms with Crippen molar-refractivity contribution in [3.05, 3.63) is 71.6 Å². The molecule has 3 aromatic heterocycles. The molecule has 3 heterocycles. The van der Waals surface area contributed by atoms with Gasteiger partial charge in [-0.2, -0.15) is 5.10 Å². The number of amides is 1. The number of carbonyl (C=O) groups is 1. The molecule has 5 rings (SSSR count). The van der Waals surface area contributed by atoms with Gasteiger partial charge in [0.2, 0.25) is 5.91 Å². The van der Waals surface area contributed by atoms with Crippen molar-refractivity contribution in [2.45, 2.75) is 32.7 Å². The van der Waals surface area contributed by atoms with E-state index in [4.69, 9.17) is 4.74 Å². The van der Waals surface area contributed by atoms with Gasteiger partial charge in [0.1, 0.15) is 17.2 Å². The largest absolute Gasteiger partial charge is 0.496 e. The lowest BCUT2D eigenvalue weighted by Crippen LogP contribution is -2.31. The predicted octanol–water partition coefficient (Wildman–Crippen LogP) is 4.91. The first kappa shape index (κ1) is 21.9. The summed E-state index contributed by atoms with van der Waals surface area (Å²) in [6.45, 7) is 2.36. The van der Waals surface area contributed by atoms with E-state index in [2.05, 4.69) is 31.6 Å². The van der Waals surface area contributed by atoms with Crippen molar-refractivity contribution in [1.82, 2.24) is 25.5 Å². The third-order valence-corrected chi connectivity index (χ3v) is 6.31. The Balaban J connectivity index is 1.34. The van der Waals surface area contributed by atoms with E-state index in [0.717, 1.165) is 52.1 Å². The molecule has 0 bridgehead atoms. The van der Waals surface area contributed by atoms with Crippen LogP contribution in [0.2, 0.25) is 0 Å². The Bertz CT molecular complexity index is 1390. The average molecular weight is 460 g/mol. The molecule has 1 aromatic carbocycles. The van der Waals surface area contributed by atoms with E-state index in [1.807, 2.05) is 25.1 Å². The standard InChI is InChI=1S/C26H26FN5O2/c1-15-11-19(32-31-15)14-29-26(33)17-5-3-16(4-6-17)23-13-22-20(9-10-28-25(22)30-23)21-12-18(27)7-8-24(21)34-2/h3,7-13,17H,4-6,14H2,1-2H3,(H,28,30)(H,29,33)(H,31,32). The maximum Gasteiger partial charge on any atom is 0.223 e. The van der Waals surface area contributed by atoms with E-state index in [9.17, 15) is 9.18 Å². The second kappa shape index (κ2) is 9.13. The molecule has 1 aliphatic carbocycles. The summed E-state index contributed by atoms with van der Waals surface area (Å²) < 4.78 is 19.5. The van der Waals surface area contributed by atoms with Gasteiger partial charge >= 0.3 is 0 Å². The van der Waals surface area contributed by atoms with Gasteiger partial charge in [-0.1, -0.05) is 6.08 Å². The summed E-state index contributed by atoms with van der Waals surface area (Å²) in [5.41, 5.74) is 6.19. The number of ether oxygens (including phenoxy) is 1. The Labute approximate surface area is 196 Å². The van der Waals surface area contributed by atoms with Gasteiger partial charge in [-0.3, -0.25) is 9.89 Å². The molecule has 3 N–H and O–H groups in total. The molecule has 0 fully saturated rings. The first-order chi connectivity index (χ1) is 16.5. The van der Waals surface area contributed by atoms with Crippen molar-refractivity contribution < 1.29 is 13.9 Å². The van der Waals surface area contributed by atoms with Crippen LogP contribution in [0.25, 0.3) is 27.7 Å². The second-order valence-electron chi connectivity index (χ2n) is 8.61. The number of pyridine rings is 1. The highest BCUT2D eigenvalue weighted by molar-refractivity contribution is 5.96. The summed E-state index contributed by atoms with van der Waals surface area (Å²) in [7, 11) is 1.58. The van der Waals surface area contributed by atoms with Crippen molar-refractivity contribution in [2.75, 3.05) is 7.11 Å². The summed E-state index contributed by atoms with van der Waals surface area (Å²) in [5.74, 6) is 0.277. The van der Waals surface area contributed by atoms with Gasteiger partial charge in [0.05, 0.1) is 19.3 Å². The second-order valence-corrected chi connectivity index (χ2v) is 8.61. The van der Waals surface area contributed by atoms with Crippen molar-refractivity contribution in [3.63, 3.8) is 0 Å². The highest BCUT2D eigenvalue weighted by Crippen LogP contribution is 2.37. The number of halogens is 1. The number of aromatic nitrogens is 4. The zero-order valence-electron chi connectivity index (χ0n) is 19.1. The van der Waals surface area contributed by atoms with Gasteiger partial charge in [0, 0.05) is 34.5 Å². The van der Waals surface area contributed by atoms with E-state index in [1.165, 1.54) is 12.1 Å². The molecule has 1 amide bonds. The van der Waals surface area contributed by atoms with Crippen LogP contribution in [0.1, 0.15) is 36.3 Å². The number of allylic oxidation sites excluding steroid dienone is 2. The zero-order valence-corrected chi connectivity index (χ0v) is 19.1. The number of nitrogens with one attached hydrogen (secondary N) is 3. The fraction of sp³-hybridized carbons (Fsp3) is 0.269. The number of carbonyl (C=O) groups excluding carboxylic acids is 1. The Hall–Kier alpha value is -3.94. The summed E-state index contributed by atoms with van der Waals surface area (Å²) in [5, 5.41) is 10.9. The number of aryl methyl sites for hydroxylation is 1. The maximum absolute atomic E-state index is 14.0. The first-order valence-electron chi connectivity index (χ1n) is 11.3. The van der Waals surface area contributed by atoms with E-state index in [1.54, 1.807) is 19.4 Å². The van der Waals surface area contributed by atoms with Crippen LogP contribution in [0.4, 0.5) is 4.39 Å². The molecule has 8 heteroatoms. The summed E-state index contributed by atoms with van der Waals surface area (Å²) in [6, 6.07) is 10.3. The summed E-state index contributed by atoms with van der Waals surface area (Å²) >= 11 is 0. The molecule has 0 saturated carbocycles. The fourth-order valence-corrected chi connectivity index (χ4v) is 4.53. The molecular weight excluding hydrogens is 433 g/mol. The predicted molar refractivity (Wildman–Crippen MR) is 129 cm³/mol. The van der Waals surface area contributed by atoms with Gasteiger partial charge in [-0.25, -0.2) is 9.37 Å². The quantitative estimate of drug-likeness (QED) is 0.382. The molecule has 0 aliphatic heterocycles. The minimum atomic E-state index is -0.321. The number of aromatic amines is 2. The molecule has 1 aliphatic rings. The lowest BCUT2D eigenvalue weighted by molar-refractivity contribution is -0.125. The monoisotopic (exact) mass is 459 g/mol. The Morgan fingerprint density at radius 1 is 1.24 bits per heavy atom. The molecule has 0 spiro atoms. The number of methoxy groups -OCH3 is 1. The highest BCUT2D eigenvalue weighted by atomic mass is 19.1. The van der Waals surface area contributed by atoms with E-state index >= 15 is 0 Å². The van der Waals surface area contributed by atoms with E-state index < -0.39 is 0 Å². The van der Waals surface area contributed by atoms with Crippen LogP contribution < -0.4 is 10.1 Å². The molecule has 174 valence electrons.